The maximum Gasteiger partial charge on any atom is 0.136 e. The summed E-state index contributed by atoms with van der Waals surface area (Å²) in [6, 6.07) is 110. The Labute approximate surface area is 468 Å². The van der Waals surface area contributed by atoms with Gasteiger partial charge in [-0.3, -0.25) is 0 Å². The van der Waals surface area contributed by atoms with Crippen molar-refractivity contribution in [1.29, 1.82) is 0 Å². The van der Waals surface area contributed by atoms with Crippen molar-refractivity contribution in [3.8, 4) is 55.6 Å². The van der Waals surface area contributed by atoms with Gasteiger partial charge in [-0.15, -0.1) is 0 Å². The lowest BCUT2D eigenvalue weighted by molar-refractivity contribution is 0.669. The van der Waals surface area contributed by atoms with Gasteiger partial charge in [0.2, 0.25) is 0 Å². The number of furan rings is 1. The van der Waals surface area contributed by atoms with Crippen LogP contribution in [0.5, 0.6) is 0 Å². The molecular formula is C80H50O. The van der Waals surface area contributed by atoms with Gasteiger partial charge in [0.1, 0.15) is 11.2 Å². The Morgan fingerprint density at radius 3 is 1.10 bits per heavy atom. The summed E-state index contributed by atoms with van der Waals surface area (Å²) in [7, 11) is 0. The van der Waals surface area contributed by atoms with Gasteiger partial charge in [0, 0.05) is 10.8 Å². The highest BCUT2D eigenvalue weighted by Crippen LogP contribution is 2.49. The average Bonchev–Trinajstić information content (AvgIpc) is 4.07. The van der Waals surface area contributed by atoms with Gasteiger partial charge in [-0.05, 0) is 178 Å². The third-order valence-electron chi connectivity index (χ3n) is 16.8. The molecule has 1 nitrogen and oxygen atoms in total. The van der Waals surface area contributed by atoms with Gasteiger partial charge in [-0.25, -0.2) is 0 Å². The largest absolute Gasteiger partial charge is 0.456 e. The van der Waals surface area contributed by atoms with E-state index in [9.17, 15) is 0 Å². The minimum atomic E-state index is 0.916. The van der Waals surface area contributed by atoms with E-state index in [1.165, 1.54) is 147 Å². The summed E-state index contributed by atoms with van der Waals surface area (Å²) < 4.78 is 6.49. The zero-order valence-corrected chi connectivity index (χ0v) is 44.3. The monoisotopic (exact) mass is 1030 g/mol. The molecule has 0 saturated carbocycles. The fourth-order valence-electron chi connectivity index (χ4n) is 13.2. The third kappa shape index (κ3) is 7.77. The van der Waals surface area contributed by atoms with Gasteiger partial charge in [0.15, 0.2) is 0 Å². The Morgan fingerprint density at radius 2 is 0.531 bits per heavy atom. The molecule has 16 aromatic carbocycles. The van der Waals surface area contributed by atoms with Crippen LogP contribution in [0, 0.1) is 0 Å². The first-order chi connectivity index (χ1) is 40.2. The molecule has 0 radical (unpaired) electrons. The molecule has 17 aromatic rings. The average molecular weight is 1030 g/mol. The van der Waals surface area contributed by atoms with Crippen molar-refractivity contribution in [3.63, 3.8) is 0 Å². The lowest BCUT2D eigenvalue weighted by Gasteiger charge is -2.19. The summed E-state index contributed by atoms with van der Waals surface area (Å²) in [6.45, 7) is 0. The number of rotatable bonds is 5. The van der Waals surface area contributed by atoms with Gasteiger partial charge in [-0.2, -0.15) is 0 Å². The van der Waals surface area contributed by atoms with Crippen molar-refractivity contribution in [3.05, 3.63) is 303 Å². The summed E-state index contributed by atoms with van der Waals surface area (Å²) in [5.74, 6) is 0. The van der Waals surface area contributed by atoms with Crippen LogP contribution in [0.4, 0.5) is 0 Å². The quantitative estimate of drug-likeness (QED) is 0.157. The summed E-state index contributed by atoms with van der Waals surface area (Å²) >= 11 is 0. The van der Waals surface area contributed by atoms with E-state index >= 15 is 0 Å². The Bertz CT molecular complexity index is 5250. The Balaban J connectivity index is 0.000000134. The van der Waals surface area contributed by atoms with Crippen LogP contribution in [0.15, 0.2) is 308 Å². The minimum absolute atomic E-state index is 0.916. The van der Waals surface area contributed by atoms with Gasteiger partial charge < -0.3 is 4.42 Å². The number of fused-ring (bicyclic) bond motifs is 11. The predicted molar refractivity (Wildman–Crippen MR) is 347 cm³/mol. The second-order valence-corrected chi connectivity index (χ2v) is 21.4. The van der Waals surface area contributed by atoms with Crippen LogP contribution in [0.2, 0.25) is 0 Å². The van der Waals surface area contributed by atoms with Crippen LogP contribution in [0.25, 0.3) is 164 Å². The predicted octanol–water partition coefficient (Wildman–Crippen LogP) is 22.8. The van der Waals surface area contributed by atoms with Crippen LogP contribution in [0.3, 0.4) is 0 Å². The highest BCUT2D eigenvalue weighted by Gasteiger charge is 2.22. The van der Waals surface area contributed by atoms with E-state index in [0.717, 1.165) is 16.6 Å². The van der Waals surface area contributed by atoms with E-state index in [1.54, 1.807) is 0 Å². The van der Waals surface area contributed by atoms with Crippen LogP contribution in [-0.2, 0) is 0 Å². The second kappa shape index (κ2) is 19.1. The molecule has 376 valence electrons. The van der Waals surface area contributed by atoms with Crippen molar-refractivity contribution in [1.82, 2.24) is 0 Å². The molecule has 0 N–H and O–H groups in total. The summed E-state index contributed by atoms with van der Waals surface area (Å²) in [5.41, 5.74) is 14.4. The fourth-order valence-corrected chi connectivity index (χ4v) is 13.2. The molecule has 0 aliphatic heterocycles. The first kappa shape index (κ1) is 46.5. The maximum absolute atomic E-state index is 6.49. The zero-order valence-electron chi connectivity index (χ0n) is 44.3. The smallest absolute Gasteiger partial charge is 0.136 e. The second-order valence-electron chi connectivity index (χ2n) is 21.4. The van der Waals surface area contributed by atoms with E-state index in [-0.39, 0.29) is 0 Å². The van der Waals surface area contributed by atoms with E-state index in [1.807, 2.05) is 0 Å². The third-order valence-corrected chi connectivity index (χ3v) is 16.8. The molecule has 1 heterocycles. The normalized spacial score (nSPS) is 11.7. The molecule has 1 aromatic heterocycles. The molecule has 81 heavy (non-hydrogen) atoms. The van der Waals surface area contributed by atoms with Gasteiger partial charge >= 0.3 is 0 Å². The molecule has 0 spiro atoms. The van der Waals surface area contributed by atoms with Crippen LogP contribution < -0.4 is 0 Å². The summed E-state index contributed by atoms with van der Waals surface area (Å²) in [4.78, 5) is 0. The summed E-state index contributed by atoms with van der Waals surface area (Å²) in [5, 5.41) is 22.4. The Kier molecular flexibility index (Phi) is 11.0. The minimum Gasteiger partial charge on any atom is -0.456 e. The van der Waals surface area contributed by atoms with E-state index in [4.69, 9.17) is 4.42 Å². The van der Waals surface area contributed by atoms with E-state index in [2.05, 4.69) is 303 Å². The zero-order chi connectivity index (χ0) is 53.4. The Morgan fingerprint density at radius 1 is 0.173 bits per heavy atom. The molecule has 0 saturated heterocycles. The molecule has 0 aliphatic carbocycles. The molecule has 17 rings (SSSR count). The maximum atomic E-state index is 6.49. The highest BCUT2D eigenvalue weighted by molar-refractivity contribution is 6.28. The first-order valence-electron chi connectivity index (χ1n) is 28.0. The molecule has 0 atom stereocenters. The fraction of sp³-hybridized carbons (Fsp3) is 0. The number of hydrogen-bond donors (Lipinski definition) is 0. The van der Waals surface area contributed by atoms with Gasteiger partial charge in [0.05, 0.1) is 0 Å². The number of benzene rings is 16. The molecule has 0 unspecified atom stereocenters. The molecule has 0 fully saturated rings. The molecule has 0 bridgehead atoms. The van der Waals surface area contributed by atoms with E-state index < -0.39 is 0 Å². The van der Waals surface area contributed by atoms with E-state index in [0.29, 0.717) is 0 Å². The van der Waals surface area contributed by atoms with Crippen molar-refractivity contribution in [2.24, 2.45) is 0 Å². The first-order valence-corrected chi connectivity index (χ1v) is 28.0. The lowest BCUT2D eigenvalue weighted by atomic mass is 9.84. The molecule has 1 heteroatoms. The van der Waals surface area contributed by atoms with Crippen LogP contribution in [0.1, 0.15) is 0 Å². The topological polar surface area (TPSA) is 13.1 Å². The number of hydrogen-bond acceptors (Lipinski definition) is 1. The van der Waals surface area contributed by atoms with Crippen molar-refractivity contribution < 1.29 is 4.42 Å². The molecule has 0 aliphatic rings. The standard InChI is InChI=1S/C40H24O.C40H26/c1-2-13-27-24-37-35(23-26(27)12-1)40-34(21-10-22-36(40)41-37)39-32-18-7-5-16-30(32)38(31-17-6-8-19-33(31)39)29-20-9-14-25-11-3-4-15-28(25)29;1-3-12-29-24-32(22-20-27(29)10-1)31-14-9-15-33(26-31)39-35-16-5-7-18-37(35)40(38-19-8-6-17-36(38)39)34-23-21-28-11-2-4-13-30(28)25-34/h1-24H;1-26H. The van der Waals surface area contributed by atoms with Crippen molar-refractivity contribution in [2.45, 2.75) is 0 Å². The Hall–Kier alpha value is -10.6. The molecular weight excluding hydrogens is 977 g/mol. The van der Waals surface area contributed by atoms with Crippen molar-refractivity contribution >= 4 is 108 Å². The highest BCUT2D eigenvalue weighted by atomic mass is 16.3. The SMILES string of the molecule is c1cc(-c2ccc3ccccc3c2)cc(-c2c3ccccc3c(-c3ccc4ccccc4c3)c3ccccc23)c1.c1ccc2cc3c(cc2c1)oc1cccc(-c2c4ccccc4c(-c4cccc5ccccc45)c4ccccc24)c13. The lowest BCUT2D eigenvalue weighted by Crippen LogP contribution is -1.92. The molecule has 0 amide bonds. The van der Waals surface area contributed by atoms with Crippen molar-refractivity contribution in [2.75, 3.05) is 0 Å². The van der Waals surface area contributed by atoms with Gasteiger partial charge in [-0.1, -0.05) is 267 Å². The van der Waals surface area contributed by atoms with Gasteiger partial charge in [0.25, 0.3) is 0 Å². The van der Waals surface area contributed by atoms with Crippen LogP contribution in [-0.4, -0.2) is 0 Å². The summed E-state index contributed by atoms with van der Waals surface area (Å²) in [6.07, 6.45) is 0. The van der Waals surface area contributed by atoms with Crippen LogP contribution >= 0.6 is 0 Å².